The molecule has 4 N–H and O–H groups in total. The summed E-state index contributed by atoms with van der Waals surface area (Å²) in [6.07, 6.45) is 4.60. The summed E-state index contributed by atoms with van der Waals surface area (Å²) in [5.41, 5.74) is 11.8. The summed E-state index contributed by atoms with van der Waals surface area (Å²) >= 11 is 1.36. The molecule has 0 aromatic carbocycles. The number of thiazole rings is 1. The first kappa shape index (κ1) is 15.8. The Morgan fingerprint density at radius 2 is 2.43 bits per heavy atom. The van der Waals surface area contributed by atoms with Crippen LogP contribution in [0.5, 0.6) is 0 Å². The normalized spacial score (nSPS) is 18.0. The molecule has 1 unspecified atom stereocenters. The van der Waals surface area contributed by atoms with Gasteiger partial charge < -0.3 is 21.3 Å². The Bertz CT molecular complexity index is 515. The number of nitrogen functional groups attached to an aromatic ring is 1. The van der Waals surface area contributed by atoms with Gasteiger partial charge in [0, 0.05) is 32.7 Å². The molecular weight excluding hydrogens is 286 g/mol. The molecule has 0 saturated carbocycles. The van der Waals surface area contributed by atoms with Crippen molar-refractivity contribution in [3.63, 3.8) is 0 Å². The lowest BCUT2D eigenvalue weighted by Gasteiger charge is -2.15. The van der Waals surface area contributed by atoms with Crippen LogP contribution in [-0.2, 0) is 0 Å². The largest absolute Gasteiger partial charge is 0.382 e. The van der Waals surface area contributed by atoms with E-state index in [1.54, 1.807) is 11.9 Å². The van der Waals surface area contributed by atoms with Gasteiger partial charge in [-0.1, -0.05) is 17.4 Å². The van der Waals surface area contributed by atoms with Crippen molar-refractivity contribution in [2.45, 2.75) is 25.3 Å². The summed E-state index contributed by atoms with van der Waals surface area (Å²) in [5, 5.41) is 0.795. The second kappa shape index (κ2) is 6.91. The van der Waals surface area contributed by atoms with Gasteiger partial charge in [0.2, 0.25) is 0 Å². The molecule has 0 spiro atoms. The first-order chi connectivity index (χ1) is 10.0. The molecule has 21 heavy (non-hydrogen) atoms. The fourth-order valence-corrected chi connectivity index (χ4v) is 3.33. The van der Waals surface area contributed by atoms with Crippen LogP contribution >= 0.6 is 11.3 Å². The zero-order valence-corrected chi connectivity index (χ0v) is 13.2. The van der Waals surface area contributed by atoms with E-state index in [0.29, 0.717) is 17.2 Å². The predicted molar refractivity (Wildman–Crippen MR) is 87.7 cm³/mol. The highest BCUT2D eigenvalue weighted by Gasteiger charge is 2.25. The number of nitrogens with zero attached hydrogens (tertiary/aromatic N) is 3. The third-order valence-electron chi connectivity index (χ3n) is 3.58. The van der Waals surface area contributed by atoms with Gasteiger partial charge in [0.05, 0.1) is 0 Å². The standard InChI is InChI=1S/C14H23N5OS/c1-3-4-5-7-18(2)13(20)11-12(16)17-14(21-11)19-8-6-10(15)9-19/h3,10H,1,4-9,15-16H2,2H3. The van der Waals surface area contributed by atoms with Gasteiger partial charge in [-0.3, -0.25) is 4.79 Å². The molecule has 1 aromatic rings. The van der Waals surface area contributed by atoms with Gasteiger partial charge in [0.15, 0.2) is 5.13 Å². The third kappa shape index (κ3) is 3.74. The summed E-state index contributed by atoms with van der Waals surface area (Å²) < 4.78 is 0. The molecule has 1 aliphatic rings. The van der Waals surface area contributed by atoms with Crippen LogP contribution in [0, 0.1) is 0 Å². The van der Waals surface area contributed by atoms with Crippen LogP contribution in [0.1, 0.15) is 28.9 Å². The zero-order chi connectivity index (χ0) is 15.4. The average molecular weight is 309 g/mol. The molecule has 7 heteroatoms. The number of aromatic nitrogens is 1. The van der Waals surface area contributed by atoms with Gasteiger partial charge in [0.1, 0.15) is 10.7 Å². The van der Waals surface area contributed by atoms with Crippen LogP contribution in [0.2, 0.25) is 0 Å². The minimum Gasteiger partial charge on any atom is -0.382 e. The van der Waals surface area contributed by atoms with Crippen molar-refractivity contribution in [3.05, 3.63) is 17.5 Å². The van der Waals surface area contributed by atoms with E-state index in [0.717, 1.165) is 37.5 Å². The number of hydrogen-bond donors (Lipinski definition) is 2. The van der Waals surface area contributed by atoms with Crippen molar-refractivity contribution in [1.29, 1.82) is 0 Å². The maximum atomic E-state index is 12.4. The quantitative estimate of drug-likeness (QED) is 0.611. The number of nitrogens with two attached hydrogens (primary N) is 2. The number of amides is 1. The van der Waals surface area contributed by atoms with Crippen LogP contribution in [0.4, 0.5) is 10.9 Å². The Morgan fingerprint density at radius 3 is 3.05 bits per heavy atom. The molecular formula is C14H23N5OS. The van der Waals surface area contributed by atoms with E-state index >= 15 is 0 Å². The molecule has 1 saturated heterocycles. The molecule has 0 bridgehead atoms. The van der Waals surface area contributed by atoms with Crippen LogP contribution < -0.4 is 16.4 Å². The van der Waals surface area contributed by atoms with Crippen molar-refractivity contribution in [2.24, 2.45) is 5.73 Å². The second-order valence-electron chi connectivity index (χ2n) is 5.36. The molecule has 1 aliphatic heterocycles. The summed E-state index contributed by atoms with van der Waals surface area (Å²) in [6, 6.07) is 0.177. The van der Waals surface area contributed by atoms with E-state index < -0.39 is 0 Å². The van der Waals surface area contributed by atoms with Gasteiger partial charge >= 0.3 is 0 Å². The van der Waals surface area contributed by atoms with Crippen molar-refractivity contribution < 1.29 is 4.79 Å². The van der Waals surface area contributed by atoms with Crippen molar-refractivity contribution >= 4 is 28.2 Å². The summed E-state index contributed by atoms with van der Waals surface area (Å²) in [6.45, 7) is 6.01. The smallest absolute Gasteiger partial charge is 0.267 e. The molecule has 1 amide bonds. The van der Waals surface area contributed by atoms with Crippen molar-refractivity contribution in [1.82, 2.24) is 9.88 Å². The minimum absolute atomic E-state index is 0.0659. The molecule has 6 nitrogen and oxygen atoms in total. The Morgan fingerprint density at radius 1 is 1.67 bits per heavy atom. The first-order valence-electron chi connectivity index (χ1n) is 7.16. The van der Waals surface area contributed by atoms with E-state index in [-0.39, 0.29) is 11.9 Å². The maximum Gasteiger partial charge on any atom is 0.267 e. The topological polar surface area (TPSA) is 88.5 Å². The van der Waals surface area contributed by atoms with E-state index in [1.165, 1.54) is 11.3 Å². The van der Waals surface area contributed by atoms with Gasteiger partial charge in [-0.25, -0.2) is 4.98 Å². The summed E-state index contributed by atoms with van der Waals surface area (Å²) in [4.78, 5) is 21.0. The number of carbonyl (C=O) groups excluding carboxylic acids is 1. The van der Waals surface area contributed by atoms with Gasteiger partial charge in [-0.05, 0) is 19.3 Å². The molecule has 116 valence electrons. The number of rotatable bonds is 6. The van der Waals surface area contributed by atoms with E-state index in [4.69, 9.17) is 11.5 Å². The maximum absolute atomic E-state index is 12.4. The number of carbonyl (C=O) groups is 1. The highest BCUT2D eigenvalue weighted by Crippen LogP contribution is 2.30. The Hall–Kier alpha value is -1.60. The lowest BCUT2D eigenvalue weighted by molar-refractivity contribution is 0.0799. The molecule has 2 rings (SSSR count). The van der Waals surface area contributed by atoms with Crippen LogP contribution in [0.15, 0.2) is 12.7 Å². The Kier molecular flexibility index (Phi) is 5.19. The predicted octanol–water partition coefficient (Wildman–Crippen LogP) is 1.30. The van der Waals surface area contributed by atoms with Crippen LogP contribution in [-0.4, -0.2) is 48.5 Å². The van der Waals surface area contributed by atoms with Crippen LogP contribution in [0.3, 0.4) is 0 Å². The lowest BCUT2D eigenvalue weighted by atomic mass is 10.3. The number of hydrogen-bond acceptors (Lipinski definition) is 6. The Labute approximate surface area is 129 Å². The molecule has 1 atom stereocenters. The average Bonchev–Trinajstić information content (AvgIpc) is 3.04. The number of unbranched alkanes of at least 4 members (excludes halogenated alkanes) is 1. The number of anilines is 2. The van der Waals surface area contributed by atoms with Crippen LogP contribution in [0.25, 0.3) is 0 Å². The first-order valence-corrected chi connectivity index (χ1v) is 7.97. The monoisotopic (exact) mass is 309 g/mol. The van der Waals surface area contributed by atoms with Gasteiger partial charge in [-0.15, -0.1) is 6.58 Å². The molecule has 1 fully saturated rings. The fourth-order valence-electron chi connectivity index (χ4n) is 2.32. The zero-order valence-electron chi connectivity index (χ0n) is 12.4. The highest BCUT2D eigenvalue weighted by molar-refractivity contribution is 7.18. The van der Waals surface area contributed by atoms with E-state index in [1.807, 2.05) is 6.08 Å². The lowest BCUT2D eigenvalue weighted by Crippen LogP contribution is -2.27. The highest BCUT2D eigenvalue weighted by atomic mass is 32.1. The molecule has 1 aromatic heterocycles. The van der Waals surface area contributed by atoms with Gasteiger partial charge in [-0.2, -0.15) is 0 Å². The molecule has 0 radical (unpaired) electrons. The minimum atomic E-state index is -0.0659. The molecule has 0 aliphatic carbocycles. The van der Waals surface area contributed by atoms with Crippen molar-refractivity contribution in [3.8, 4) is 0 Å². The second-order valence-corrected chi connectivity index (χ2v) is 6.34. The SMILES string of the molecule is C=CCCCN(C)C(=O)c1sc(N2CCC(N)C2)nc1N. The van der Waals surface area contributed by atoms with Crippen molar-refractivity contribution in [2.75, 3.05) is 37.3 Å². The fraction of sp³-hybridized carbons (Fsp3) is 0.571. The summed E-state index contributed by atoms with van der Waals surface area (Å²) in [5.74, 6) is 0.250. The third-order valence-corrected chi connectivity index (χ3v) is 4.70. The van der Waals surface area contributed by atoms with Gasteiger partial charge in [0.25, 0.3) is 5.91 Å². The summed E-state index contributed by atoms with van der Waals surface area (Å²) in [7, 11) is 1.79. The molecule has 2 heterocycles. The Balaban J connectivity index is 2.04. The van der Waals surface area contributed by atoms with E-state index in [9.17, 15) is 4.79 Å². The van der Waals surface area contributed by atoms with E-state index in [2.05, 4.69) is 16.5 Å². The number of allylic oxidation sites excluding steroid dienone is 1.